The number of rotatable bonds is 2. The number of aryl methyl sites for hydroxylation is 1. The highest BCUT2D eigenvalue weighted by Gasteiger charge is 2.12. The SMILES string of the molecule is C[n+]1c(/C=C/C2=Nc3ccccc3C2)ccc2ccccc21. The number of hydrogen-bond donors (Lipinski definition) is 0. The van der Waals surface area contributed by atoms with Gasteiger partial charge < -0.3 is 0 Å². The molecule has 0 bridgehead atoms. The van der Waals surface area contributed by atoms with Gasteiger partial charge in [-0.1, -0.05) is 30.3 Å². The third kappa shape index (κ3) is 2.23. The second-order valence-corrected chi connectivity index (χ2v) is 5.62. The summed E-state index contributed by atoms with van der Waals surface area (Å²) >= 11 is 0. The molecular weight excluding hydrogens is 268 g/mol. The van der Waals surface area contributed by atoms with E-state index in [1.807, 2.05) is 6.07 Å². The third-order valence-electron chi connectivity index (χ3n) is 4.19. The van der Waals surface area contributed by atoms with Crippen LogP contribution in [0.2, 0.25) is 0 Å². The van der Waals surface area contributed by atoms with Crippen LogP contribution in [-0.4, -0.2) is 5.71 Å². The van der Waals surface area contributed by atoms with Crippen LogP contribution in [0.3, 0.4) is 0 Å². The van der Waals surface area contributed by atoms with Crippen LogP contribution in [0.1, 0.15) is 11.3 Å². The van der Waals surface area contributed by atoms with Crippen molar-refractivity contribution >= 4 is 28.4 Å². The van der Waals surface area contributed by atoms with E-state index in [0.717, 1.165) is 17.8 Å². The van der Waals surface area contributed by atoms with Crippen molar-refractivity contribution < 1.29 is 4.57 Å². The van der Waals surface area contributed by atoms with E-state index in [2.05, 4.69) is 83.4 Å². The molecule has 0 radical (unpaired) electrons. The molecule has 3 aromatic rings. The molecule has 2 heteroatoms. The second-order valence-electron chi connectivity index (χ2n) is 5.62. The van der Waals surface area contributed by atoms with Gasteiger partial charge >= 0.3 is 0 Å². The van der Waals surface area contributed by atoms with Crippen molar-refractivity contribution in [1.29, 1.82) is 0 Å². The molecule has 0 N–H and O–H groups in total. The van der Waals surface area contributed by atoms with Gasteiger partial charge in [-0.15, -0.1) is 0 Å². The third-order valence-corrected chi connectivity index (χ3v) is 4.19. The number of aromatic nitrogens is 1. The molecule has 22 heavy (non-hydrogen) atoms. The number of allylic oxidation sites excluding steroid dienone is 1. The van der Waals surface area contributed by atoms with Gasteiger partial charge in [0.2, 0.25) is 11.2 Å². The van der Waals surface area contributed by atoms with Crippen LogP contribution in [0.25, 0.3) is 17.0 Å². The number of nitrogens with zero attached hydrogens (tertiary/aromatic N) is 2. The zero-order valence-electron chi connectivity index (χ0n) is 12.5. The summed E-state index contributed by atoms with van der Waals surface area (Å²) in [5.41, 5.74) is 5.95. The van der Waals surface area contributed by atoms with E-state index in [-0.39, 0.29) is 0 Å². The van der Waals surface area contributed by atoms with Crippen LogP contribution < -0.4 is 4.57 Å². The largest absolute Gasteiger partial charge is 0.253 e. The fourth-order valence-corrected chi connectivity index (χ4v) is 2.96. The van der Waals surface area contributed by atoms with Crippen molar-refractivity contribution in [1.82, 2.24) is 0 Å². The molecule has 0 aliphatic carbocycles. The lowest BCUT2D eigenvalue weighted by molar-refractivity contribution is -0.646. The molecule has 0 spiro atoms. The molecule has 0 saturated heterocycles. The summed E-state index contributed by atoms with van der Waals surface area (Å²) in [4.78, 5) is 4.68. The Morgan fingerprint density at radius 1 is 0.909 bits per heavy atom. The minimum atomic E-state index is 0.921. The summed E-state index contributed by atoms with van der Waals surface area (Å²) in [7, 11) is 2.10. The van der Waals surface area contributed by atoms with Gasteiger partial charge in [-0.2, -0.15) is 4.57 Å². The molecule has 106 valence electrons. The zero-order chi connectivity index (χ0) is 14.9. The lowest BCUT2D eigenvalue weighted by Gasteiger charge is -1.99. The van der Waals surface area contributed by atoms with Gasteiger partial charge in [0.1, 0.15) is 7.05 Å². The second kappa shape index (κ2) is 5.23. The molecule has 0 fully saturated rings. The van der Waals surface area contributed by atoms with E-state index in [1.165, 1.54) is 22.2 Å². The van der Waals surface area contributed by atoms with Gasteiger partial charge in [0, 0.05) is 35.7 Å². The summed E-state index contributed by atoms with van der Waals surface area (Å²) in [6.07, 6.45) is 5.20. The minimum Gasteiger partial charge on any atom is -0.253 e. The maximum absolute atomic E-state index is 4.68. The topological polar surface area (TPSA) is 16.2 Å². The lowest BCUT2D eigenvalue weighted by Crippen LogP contribution is -2.32. The molecule has 0 unspecified atom stereocenters. The van der Waals surface area contributed by atoms with Gasteiger partial charge in [-0.25, -0.2) is 0 Å². The fourth-order valence-electron chi connectivity index (χ4n) is 2.96. The average molecular weight is 285 g/mol. The van der Waals surface area contributed by atoms with Crippen molar-refractivity contribution in [3.63, 3.8) is 0 Å². The van der Waals surface area contributed by atoms with Crippen LogP contribution in [0.5, 0.6) is 0 Å². The summed E-state index contributed by atoms with van der Waals surface area (Å²) in [5.74, 6) is 0. The Hall–Kier alpha value is -2.74. The summed E-state index contributed by atoms with van der Waals surface area (Å²) in [5, 5.41) is 1.26. The zero-order valence-corrected chi connectivity index (χ0v) is 12.5. The average Bonchev–Trinajstić information content (AvgIpc) is 2.97. The standard InChI is InChI=1S/C20H17N2/c1-22-18(12-10-15-6-3-5-9-20(15)22)13-11-17-14-16-7-2-4-8-19(16)21-17/h2-13H,14H2,1H3/q+1/b13-11+. The van der Waals surface area contributed by atoms with Crippen molar-refractivity contribution in [3.05, 3.63) is 78.0 Å². The van der Waals surface area contributed by atoms with Crippen LogP contribution in [0.15, 0.2) is 71.7 Å². The monoisotopic (exact) mass is 285 g/mol. The fraction of sp³-hybridized carbons (Fsp3) is 0.100. The maximum Gasteiger partial charge on any atom is 0.212 e. The van der Waals surface area contributed by atoms with Crippen LogP contribution in [-0.2, 0) is 13.5 Å². The van der Waals surface area contributed by atoms with Gasteiger partial charge in [0.25, 0.3) is 0 Å². The first-order valence-corrected chi connectivity index (χ1v) is 7.52. The minimum absolute atomic E-state index is 0.921. The Kier molecular flexibility index (Phi) is 3.08. The van der Waals surface area contributed by atoms with Crippen molar-refractivity contribution in [2.45, 2.75) is 6.42 Å². The van der Waals surface area contributed by atoms with E-state index in [9.17, 15) is 0 Å². The molecule has 2 aromatic carbocycles. The van der Waals surface area contributed by atoms with Crippen molar-refractivity contribution in [2.24, 2.45) is 12.0 Å². The van der Waals surface area contributed by atoms with E-state index in [4.69, 9.17) is 0 Å². The van der Waals surface area contributed by atoms with Gasteiger partial charge in [-0.05, 0) is 29.8 Å². The number of aliphatic imine (C=N–C) groups is 1. The first-order chi connectivity index (χ1) is 10.8. The van der Waals surface area contributed by atoms with E-state index in [0.29, 0.717) is 0 Å². The Labute approximate surface area is 130 Å². The molecule has 2 nitrogen and oxygen atoms in total. The highest BCUT2D eigenvalue weighted by atomic mass is 14.9. The molecule has 0 saturated carbocycles. The number of benzene rings is 2. The first kappa shape index (κ1) is 13.0. The Morgan fingerprint density at radius 2 is 1.73 bits per heavy atom. The molecule has 4 rings (SSSR count). The molecule has 2 heterocycles. The van der Waals surface area contributed by atoms with Crippen molar-refractivity contribution in [2.75, 3.05) is 0 Å². The van der Waals surface area contributed by atoms with Gasteiger partial charge in [0.15, 0.2) is 0 Å². The number of para-hydroxylation sites is 2. The van der Waals surface area contributed by atoms with Gasteiger partial charge in [-0.3, -0.25) is 4.99 Å². The highest BCUT2D eigenvalue weighted by molar-refractivity contribution is 6.04. The predicted molar refractivity (Wildman–Crippen MR) is 91.4 cm³/mol. The number of hydrogen-bond acceptors (Lipinski definition) is 1. The van der Waals surface area contributed by atoms with Crippen molar-refractivity contribution in [3.8, 4) is 0 Å². The van der Waals surface area contributed by atoms with Gasteiger partial charge in [0.05, 0.1) is 5.69 Å². The maximum atomic E-state index is 4.68. The van der Waals surface area contributed by atoms with E-state index >= 15 is 0 Å². The van der Waals surface area contributed by atoms with Crippen LogP contribution in [0.4, 0.5) is 5.69 Å². The lowest BCUT2D eigenvalue weighted by atomic mass is 10.1. The Balaban J connectivity index is 1.66. The number of pyridine rings is 1. The predicted octanol–water partition coefficient (Wildman–Crippen LogP) is 4.01. The van der Waals surface area contributed by atoms with E-state index < -0.39 is 0 Å². The summed E-state index contributed by atoms with van der Waals surface area (Å²) in [6, 6.07) is 21.1. The smallest absolute Gasteiger partial charge is 0.212 e. The Morgan fingerprint density at radius 3 is 2.64 bits per heavy atom. The summed E-state index contributed by atoms with van der Waals surface area (Å²) in [6.45, 7) is 0. The first-order valence-electron chi connectivity index (χ1n) is 7.52. The Bertz CT molecular complexity index is 920. The molecule has 1 aliphatic rings. The molecule has 1 aromatic heterocycles. The summed E-state index contributed by atoms with van der Waals surface area (Å²) < 4.78 is 2.22. The van der Waals surface area contributed by atoms with Crippen LogP contribution in [0, 0.1) is 0 Å². The highest BCUT2D eigenvalue weighted by Crippen LogP contribution is 2.26. The molecule has 0 amide bonds. The molecular formula is C20H17N2+. The normalized spacial score (nSPS) is 13.6. The number of fused-ring (bicyclic) bond motifs is 2. The van der Waals surface area contributed by atoms with E-state index in [1.54, 1.807) is 0 Å². The quantitative estimate of drug-likeness (QED) is 0.633. The van der Waals surface area contributed by atoms with Crippen LogP contribution >= 0.6 is 0 Å². The molecule has 1 aliphatic heterocycles. The molecule has 0 atom stereocenters.